The van der Waals surface area contributed by atoms with Crippen LogP contribution >= 0.6 is 0 Å². The normalized spacial score (nSPS) is 13.2. The number of fused-ring (bicyclic) bond motifs is 5. The number of benzene rings is 4. The van der Waals surface area contributed by atoms with E-state index in [2.05, 4.69) is 162 Å². The molecule has 0 radical (unpaired) electrons. The Morgan fingerprint density at radius 1 is 0.580 bits per heavy atom. The average molecular weight is 646 g/mol. The fraction of sp³-hybridized carbons (Fsp3) is 0.0889. The number of nitrogens with zero attached hydrogens (tertiary/aromatic N) is 5. The van der Waals surface area contributed by atoms with Crippen molar-refractivity contribution in [1.29, 1.82) is 0 Å². The summed E-state index contributed by atoms with van der Waals surface area (Å²) < 4.78 is 2.43. The van der Waals surface area contributed by atoms with Crippen molar-refractivity contribution in [3.63, 3.8) is 0 Å². The molecule has 0 fully saturated rings. The third-order valence-electron chi connectivity index (χ3n) is 9.72. The summed E-state index contributed by atoms with van der Waals surface area (Å²) in [6.45, 7) is 4.95. The van der Waals surface area contributed by atoms with Crippen LogP contribution in [0.1, 0.15) is 22.4 Å². The van der Waals surface area contributed by atoms with Gasteiger partial charge in [0.15, 0.2) is 0 Å². The monoisotopic (exact) mass is 645 g/mol. The van der Waals surface area contributed by atoms with Crippen LogP contribution in [0, 0.1) is 13.8 Å². The van der Waals surface area contributed by atoms with Crippen LogP contribution in [0.25, 0.3) is 71.8 Å². The summed E-state index contributed by atoms with van der Waals surface area (Å²) >= 11 is 0. The van der Waals surface area contributed by atoms with E-state index in [1.54, 1.807) is 0 Å². The van der Waals surface area contributed by atoms with Crippen molar-refractivity contribution >= 4 is 43.7 Å². The van der Waals surface area contributed by atoms with E-state index in [1.165, 1.54) is 54.9 Å². The van der Waals surface area contributed by atoms with Crippen LogP contribution in [0.5, 0.6) is 0 Å². The first kappa shape index (κ1) is 29.8. The zero-order valence-electron chi connectivity index (χ0n) is 28.3. The van der Waals surface area contributed by atoms with Crippen molar-refractivity contribution in [2.24, 2.45) is 0 Å². The largest absolute Gasteiger partial charge is 0.376 e. The molecular weight excluding hydrogens is 611 g/mol. The number of likely N-dealkylation sites (N-methyl/N-ethyl adjacent to an activating group) is 1. The van der Waals surface area contributed by atoms with Gasteiger partial charge in [-0.15, -0.1) is 0 Å². The predicted octanol–water partition coefficient (Wildman–Crippen LogP) is 10.4. The molecule has 0 aliphatic carbocycles. The molecule has 9 rings (SSSR count). The van der Waals surface area contributed by atoms with Crippen molar-refractivity contribution < 1.29 is 0 Å². The standard InChI is InChI=1S/C45H35N5/c1-29-9-17-42(47-23-29)35-20-34(25-46-26-35)31-11-14-39-33(19-31)13-16-41-40-15-12-32(22-44(40)50(45(39)41)38-7-5-4-6-8-38)36-21-37(28-49(3)27-36)43-18-10-30(2)24-48-43/h4-27H,28H2,1-3H3. The predicted molar refractivity (Wildman–Crippen MR) is 207 cm³/mol. The molecule has 5 nitrogen and oxygen atoms in total. The number of aryl methyl sites for hydroxylation is 2. The number of para-hydroxylation sites is 1. The fourth-order valence-corrected chi connectivity index (χ4v) is 7.21. The minimum Gasteiger partial charge on any atom is -0.376 e. The van der Waals surface area contributed by atoms with Crippen LogP contribution in [-0.2, 0) is 0 Å². The molecule has 0 amide bonds. The second-order valence-corrected chi connectivity index (χ2v) is 13.4. The molecule has 0 saturated heterocycles. The van der Waals surface area contributed by atoms with Crippen molar-refractivity contribution in [2.45, 2.75) is 13.8 Å². The van der Waals surface area contributed by atoms with Gasteiger partial charge in [0.05, 0.1) is 22.4 Å². The molecule has 0 saturated carbocycles. The Morgan fingerprint density at radius 3 is 2.08 bits per heavy atom. The van der Waals surface area contributed by atoms with E-state index in [1.807, 2.05) is 24.8 Å². The minimum atomic E-state index is 0.823. The van der Waals surface area contributed by atoms with Gasteiger partial charge < -0.3 is 9.47 Å². The Kier molecular flexibility index (Phi) is 7.13. The number of pyridine rings is 3. The van der Waals surface area contributed by atoms with Gasteiger partial charge in [0.25, 0.3) is 0 Å². The second kappa shape index (κ2) is 12.0. The summed E-state index contributed by atoms with van der Waals surface area (Å²) in [5.41, 5.74) is 14.5. The van der Waals surface area contributed by atoms with Gasteiger partial charge in [0.1, 0.15) is 0 Å². The minimum absolute atomic E-state index is 0.823. The summed E-state index contributed by atoms with van der Waals surface area (Å²) in [6.07, 6.45) is 12.2. The van der Waals surface area contributed by atoms with E-state index in [9.17, 15) is 0 Å². The Morgan fingerprint density at radius 2 is 1.30 bits per heavy atom. The fourth-order valence-electron chi connectivity index (χ4n) is 7.21. The van der Waals surface area contributed by atoms with Gasteiger partial charge in [-0.25, -0.2) is 0 Å². The van der Waals surface area contributed by atoms with E-state index in [0.717, 1.165) is 45.9 Å². The Hall–Kier alpha value is -6.33. The van der Waals surface area contributed by atoms with Crippen LogP contribution in [0.2, 0.25) is 0 Å². The molecule has 1 aliphatic rings. The molecule has 8 aromatic rings. The van der Waals surface area contributed by atoms with E-state index in [0.29, 0.717) is 0 Å². The van der Waals surface area contributed by atoms with Gasteiger partial charge >= 0.3 is 0 Å². The maximum absolute atomic E-state index is 4.74. The lowest BCUT2D eigenvalue weighted by molar-refractivity contribution is 0.514. The topological polar surface area (TPSA) is 46.8 Å². The first-order valence-electron chi connectivity index (χ1n) is 17.0. The molecule has 0 atom stereocenters. The van der Waals surface area contributed by atoms with Crippen LogP contribution in [-0.4, -0.2) is 38.0 Å². The van der Waals surface area contributed by atoms with Gasteiger partial charge in [-0.05, 0) is 101 Å². The summed E-state index contributed by atoms with van der Waals surface area (Å²) in [5.74, 6) is 0. The molecule has 0 unspecified atom stereocenters. The number of hydrogen-bond donors (Lipinski definition) is 0. The van der Waals surface area contributed by atoms with E-state index < -0.39 is 0 Å². The van der Waals surface area contributed by atoms with Crippen LogP contribution < -0.4 is 0 Å². The maximum Gasteiger partial charge on any atom is 0.0717 e. The van der Waals surface area contributed by atoms with Gasteiger partial charge in [0.2, 0.25) is 0 Å². The van der Waals surface area contributed by atoms with E-state index >= 15 is 0 Å². The van der Waals surface area contributed by atoms with Gasteiger partial charge in [-0.1, -0.05) is 66.7 Å². The van der Waals surface area contributed by atoms with Crippen LogP contribution in [0.4, 0.5) is 0 Å². The van der Waals surface area contributed by atoms with Crippen molar-refractivity contribution in [2.75, 3.05) is 13.6 Å². The zero-order chi connectivity index (χ0) is 33.8. The van der Waals surface area contributed by atoms with Gasteiger partial charge in [-0.2, -0.15) is 0 Å². The maximum atomic E-state index is 4.74. The highest BCUT2D eigenvalue weighted by Crippen LogP contribution is 2.39. The molecule has 50 heavy (non-hydrogen) atoms. The highest BCUT2D eigenvalue weighted by atomic mass is 15.1. The number of rotatable bonds is 5. The van der Waals surface area contributed by atoms with Crippen LogP contribution in [0.3, 0.4) is 0 Å². The molecule has 0 spiro atoms. The smallest absolute Gasteiger partial charge is 0.0717 e. The first-order chi connectivity index (χ1) is 24.5. The van der Waals surface area contributed by atoms with Gasteiger partial charge in [0, 0.05) is 77.6 Å². The Bertz CT molecular complexity index is 2630. The molecule has 0 bridgehead atoms. The lowest BCUT2D eigenvalue weighted by Crippen LogP contribution is -2.18. The SMILES string of the molecule is Cc1ccc(C2=CC(c3ccc4c5ccc6cc(-c7cncc(-c8ccc(C)cn8)c7)ccc6c5n(-c5ccccc5)c4c3)=CN(C)C2)nc1. The number of hydrogen-bond acceptors (Lipinski definition) is 4. The zero-order valence-corrected chi connectivity index (χ0v) is 28.3. The molecule has 240 valence electrons. The number of aromatic nitrogens is 4. The molecule has 5 heteroatoms. The van der Waals surface area contributed by atoms with E-state index in [-0.39, 0.29) is 0 Å². The highest BCUT2D eigenvalue weighted by Gasteiger charge is 2.19. The molecule has 4 aromatic carbocycles. The molecule has 5 heterocycles. The Labute approximate surface area is 291 Å². The van der Waals surface area contributed by atoms with E-state index in [4.69, 9.17) is 4.98 Å². The highest BCUT2D eigenvalue weighted by molar-refractivity contribution is 6.19. The van der Waals surface area contributed by atoms with Crippen molar-refractivity contribution in [3.8, 4) is 28.1 Å². The summed E-state index contributed by atoms with van der Waals surface area (Å²) in [7, 11) is 2.13. The third-order valence-corrected chi connectivity index (χ3v) is 9.72. The summed E-state index contributed by atoms with van der Waals surface area (Å²) in [4.78, 5) is 16.2. The van der Waals surface area contributed by atoms with Crippen molar-refractivity contribution in [1.82, 2.24) is 24.4 Å². The third kappa shape index (κ3) is 5.24. The molecular formula is C45H35N5. The number of allylic oxidation sites excluding steroid dienone is 2. The summed E-state index contributed by atoms with van der Waals surface area (Å²) in [6, 6.07) is 39.5. The van der Waals surface area contributed by atoms with Crippen LogP contribution in [0.15, 0.2) is 146 Å². The average Bonchev–Trinajstić information content (AvgIpc) is 3.49. The van der Waals surface area contributed by atoms with Gasteiger partial charge in [-0.3, -0.25) is 15.0 Å². The molecule has 1 aliphatic heterocycles. The lowest BCUT2D eigenvalue weighted by Gasteiger charge is -2.23. The summed E-state index contributed by atoms with van der Waals surface area (Å²) in [5, 5.41) is 4.86. The quantitative estimate of drug-likeness (QED) is 0.187. The lowest BCUT2D eigenvalue weighted by atomic mass is 9.97. The molecule has 4 aromatic heterocycles. The first-order valence-corrected chi connectivity index (χ1v) is 17.0. The van der Waals surface area contributed by atoms with Crippen molar-refractivity contribution in [3.05, 3.63) is 169 Å². The second-order valence-electron chi connectivity index (χ2n) is 13.4. The molecule has 0 N–H and O–H groups in total. The Balaban J connectivity index is 1.20.